The number of hydrogen-bond acceptors (Lipinski definition) is 2. The summed E-state index contributed by atoms with van der Waals surface area (Å²) < 4.78 is 38.0. The molecule has 2 unspecified atom stereocenters. The van der Waals surface area contributed by atoms with E-state index in [4.69, 9.17) is 0 Å². The van der Waals surface area contributed by atoms with Crippen LogP contribution >= 0.6 is 0 Å². The van der Waals surface area contributed by atoms with Crippen molar-refractivity contribution >= 4 is 5.91 Å². The van der Waals surface area contributed by atoms with Gasteiger partial charge in [-0.25, -0.2) is 0 Å². The Balaban J connectivity index is 2.57. The number of likely N-dealkylation sites (N-methyl/N-ethyl adjacent to an activating group) is 1. The fourth-order valence-corrected chi connectivity index (χ4v) is 2.11. The number of rotatable bonds is 3. The van der Waals surface area contributed by atoms with Crippen molar-refractivity contribution in [2.75, 3.05) is 13.6 Å². The van der Waals surface area contributed by atoms with Crippen LogP contribution in [0.25, 0.3) is 0 Å². The van der Waals surface area contributed by atoms with Gasteiger partial charge in [-0.1, -0.05) is 12.8 Å². The van der Waals surface area contributed by atoms with Crippen molar-refractivity contribution in [2.24, 2.45) is 5.92 Å². The highest BCUT2D eigenvalue weighted by atomic mass is 19.4. The quantitative estimate of drug-likeness (QED) is 0.781. The maximum atomic E-state index is 12.7. The van der Waals surface area contributed by atoms with Gasteiger partial charge in [0.2, 0.25) is 5.91 Å². The number of carbonyl (C=O) groups is 1. The Kier molecular flexibility index (Phi) is 4.58. The zero-order chi connectivity index (χ0) is 12.2. The standard InChI is InChI=1S/C10H17F3N2O/c1-14-6-9(16)15-8-5-3-2-4-7(8)10(11,12)13/h7-8,14H,2-6H2,1H3,(H,15,16). The molecule has 0 saturated heterocycles. The summed E-state index contributed by atoms with van der Waals surface area (Å²) in [6.07, 6.45) is -2.34. The lowest BCUT2D eigenvalue weighted by molar-refractivity contribution is -0.189. The number of nitrogens with one attached hydrogen (secondary N) is 2. The van der Waals surface area contributed by atoms with Crippen LogP contribution in [0.2, 0.25) is 0 Å². The molecule has 0 aromatic carbocycles. The fraction of sp³-hybridized carbons (Fsp3) is 0.900. The first-order valence-electron chi connectivity index (χ1n) is 5.46. The van der Waals surface area contributed by atoms with Crippen LogP contribution < -0.4 is 10.6 Å². The van der Waals surface area contributed by atoms with Crippen molar-refractivity contribution in [3.05, 3.63) is 0 Å². The Morgan fingerprint density at radius 2 is 1.94 bits per heavy atom. The largest absolute Gasteiger partial charge is 0.393 e. The molecule has 16 heavy (non-hydrogen) atoms. The Morgan fingerprint density at radius 1 is 1.31 bits per heavy atom. The van der Waals surface area contributed by atoms with Crippen LogP contribution in [0, 0.1) is 5.92 Å². The second-order valence-electron chi connectivity index (χ2n) is 4.14. The highest BCUT2D eigenvalue weighted by Gasteiger charge is 2.45. The average Bonchev–Trinajstić information content (AvgIpc) is 2.17. The van der Waals surface area contributed by atoms with Crippen LogP contribution in [0.4, 0.5) is 13.2 Å². The Hall–Kier alpha value is -0.780. The number of hydrogen-bond donors (Lipinski definition) is 2. The molecule has 0 radical (unpaired) electrons. The molecule has 2 atom stereocenters. The molecule has 0 aromatic heterocycles. The molecule has 1 rings (SSSR count). The smallest absolute Gasteiger partial charge is 0.352 e. The van der Waals surface area contributed by atoms with Gasteiger partial charge in [0.1, 0.15) is 0 Å². The molecule has 1 saturated carbocycles. The molecule has 94 valence electrons. The van der Waals surface area contributed by atoms with Crippen molar-refractivity contribution in [1.82, 2.24) is 10.6 Å². The maximum Gasteiger partial charge on any atom is 0.393 e. The molecule has 1 aliphatic carbocycles. The topological polar surface area (TPSA) is 41.1 Å². The number of halogens is 3. The van der Waals surface area contributed by atoms with Gasteiger partial charge in [-0.2, -0.15) is 13.2 Å². The summed E-state index contributed by atoms with van der Waals surface area (Å²) in [6.45, 7) is 0.0566. The molecule has 1 amide bonds. The van der Waals surface area contributed by atoms with Crippen molar-refractivity contribution in [2.45, 2.75) is 37.9 Å². The summed E-state index contributed by atoms with van der Waals surface area (Å²) in [5.41, 5.74) is 0. The van der Waals surface area contributed by atoms with E-state index in [0.717, 1.165) is 6.42 Å². The first kappa shape index (κ1) is 13.3. The minimum atomic E-state index is -4.21. The lowest BCUT2D eigenvalue weighted by atomic mass is 9.84. The van der Waals surface area contributed by atoms with E-state index in [-0.39, 0.29) is 18.9 Å². The second kappa shape index (κ2) is 5.52. The molecule has 3 nitrogen and oxygen atoms in total. The maximum absolute atomic E-state index is 12.7. The normalized spacial score (nSPS) is 26.5. The van der Waals surface area contributed by atoms with Crippen LogP contribution in [0.3, 0.4) is 0 Å². The third kappa shape index (κ3) is 3.66. The molecule has 0 spiro atoms. The summed E-state index contributed by atoms with van der Waals surface area (Å²) in [6, 6.07) is -0.755. The van der Waals surface area contributed by atoms with E-state index in [2.05, 4.69) is 10.6 Å². The predicted octanol–water partition coefficient (Wildman–Crippen LogP) is 1.44. The van der Waals surface area contributed by atoms with Crippen LogP contribution in [-0.4, -0.2) is 31.7 Å². The third-order valence-corrected chi connectivity index (χ3v) is 2.87. The van der Waals surface area contributed by atoms with Crippen molar-refractivity contribution in [1.29, 1.82) is 0 Å². The molecule has 1 aliphatic rings. The second-order valence-corrected chi connectivity index (χ2v) is 4.14. The van der Waals surface area contributed by atoms with E-state index in [1.54, 1.807) is 7.05 Å². The molecule has 0 aromatic rings. The molecule has 6 heteroatoms. The first-order chi connectivity index (χ1) is 7.45. The average molecular weight is 238 g/mol. The third-order valence-electron chi connectivity index (χ3n) is 2.87. The Morgan fingerprint density at radius 3 is 2.50 bits per heavy atom. The van der Waals surface area contributed by atoms with E-state index in [1.165, 1.54) is 0 Å². The minimum Gasteiger partial charge on any atom is -0.352 e. The predicted molar refractivity (Wildman–Crippen MR) is 53.9 cm³/mol. The van der Waals surface area contributed by atoms with Crippen LogP contribution in [0.5, 0.6) is 0 Å². The Bertz CT molecular complexity index is 243. The molecular weight excluding hydrogens is 221 g/mol. The van der Waals surface area contributed by atoms with Gasteiger partial charge in [-0.3, -0.25) is 4.79 Å². The van der Waals surface area contributed by atoms with Crippen molar-refractivity contribution < 1.29 is 18.0 Å². The van der Waals surface area contributed by atoms with E-state index >= 15 is 0 Å². The summed E-state index contributed by atoms with van der Waals surface area (Å²) in [5.74, 6) is -1.76. The van der Waals surface area contributed by atoms with Gasteiger partial charge in [0, 0.05) is 6.04 Å². The fourth-order valence-electron chi connectivity index (χ4n) is 2.11. The van der Waals surface area contributed by atoms with Crippen LogP contribution in [0.1, 0.15) is 25.7 Å². The summed E-state index contributed by atoms with van der Waals surface area (Å²) >= 11 is 0. The van der Waals surface area contributed by atoms with E-state index in [9.17, 15) is 18.0 Å². The van der Waals surface area contributed by atoms with Gasteiger partial charge in [-0.05, 0) is 19.9 Å². The summed E-state index contributed by atoms with van der Waals surface area (Å²) in [7, 11) is 1.59. The van der Waals surface area contributed by atoms with E-state index in [1.807, 2.05) is 0 Å². The number of alkyl halides is 3. The highest BCUT2D eigenvalue weighted by Crippen LogP contribution is 2.37. The Labute approximate surface area is 92.8 Å². The SMILES string of the molecule is CNCC(=O)NC1CCCCC1C(F)(F)F. The number of amides is 1. The molecule has 0 heterocycles. The van der Waals surface area contributed by atoms with Gasteiger partial charge >= 0.3 is 6.18 Å². The van der Waals surface area contributed by atoms with Gasteiger partial charge in [0.05, 0.1) is 12.5 Å². The lowest BCUT2D eigenvalue weighted by Gasteiger charge is -2.33. The van der Waals surface area contributed by atoms with Crippen molar-refractivity contribution in [3.63, 3.8) is 0 Å². The van der Waals surface area contributed by atoms with Gasteiger partial charge < -0.3 is 10.6 Å². The van der Waals surface area contributed by atoms with Crippen molar-refractivity contribution in [3.8, 4) is 0 Å². The van der Waals surface area contributed by atoms with Crippen LogP contribution in [0.15, 0.2) is 0 Å². The van der Waals surface area contributed by atoms with Crippen LogP contribution in [-0.2, 0) is 4.79 Å². The van der Waals surface area contributed by atoms with Gasteiger partial charge in [0.25, 0.3) is 0 Å². The van der Waals surface area contributed by atoms with Gasteiger partial charge in [0.15, 0.2) is 0 Å². The number of carbonyl (C=O) groups excluding carboxylic acids is 1. The lowest BCUT2D eigenvalue weighted by Crippen LogP contribution is -2.49. The van der Waals surface area contributed by atoms with E-state index < -0.39 is 18.1 Å². The molecule has 1 fully saturated rings. The van der Waals surface area contributed by atoms with E-state index in [0.29, 0.717) is 12.8 Å². The zero-order valence-corrected chi connectivity index (χ0v) is 9.23. The molecule has 0 aliphatic heterocycles. The summed E-state index contributed by atoms with van der Waals surface area (Å²) in [4.78, 5) is 11.2. The molecule has 0 bridgehead atoms. The van der Waals surface area contributed by atoms with Gasteiger partial charge in [-0.15, -0.1) is 0 Å². The monoisotopic (exact) mass is 238 g/mol. The minimum absolute atomic E-state index is 0.0566. The summed E-state index contributed by atoms with van der Waals surface area (Å²) in [5, 5.41) is 5.07. The zero-order valence-electron chi connectivity index (χ0n) is 9.23. The first-order valence-corrected chi connectivity index (χ1v) is 5.46. The molecular formula is C10H17F3N2O. The molecule has 2 N–H and O–H groups in total. The highest BCUT2D eigenvalue weighted by molar-refractivity contribution is 5.78.